The Labute approximate surface area is 144 Å². The first-order valence-electron chi connectivity index (χ1n) is 7.17. The van der Waals surface area contributed by atoms with Gasteiger partial charge in [-0.3, -0.25) is 4.79 Å². The van der Waals surface area contributed by atoms with E-state index in [4.69, 9.17) is 21.6 Å². The second kappa shape index (κ2) is 8.14. The normalized spacial score (nSPS) is 11.2. The Kier molecular flexibility index (Phi) is 5.94. The summed E-state index contributed by atoms with van der Waals surface area (Å²) in [7, 11) is 1.27. The predicted molar refractivity (Wildman–Crippen MR) is 89.6 cm³/mol. The molecule has 0 unspecified atom stereocenters. The summed E-state index contributed by atoms with van der Waals surface area (Å²) in [5.74, 6) is -0.948. The molecular formula is C18H15ClN2O3. The van der Waals surface area contributed by atoms with Gasteiger partial charge in [-0.1, -0.05) is 23.7 Å². The number of nitrogens with zero attached hydrogens (tertiary/aromatic N) is 1. The van der Waals surface area contributed by atoms with Gasteiger partial charge in [0.25, 0.3) is 5.91 Å². The maximum absolute atomic E-state index is 12.3. The molecule has 6 heteroatoms. The highest BCUT2D eigenvalue weighted by molar-refractivity contribution is 6.30. The van der Waals surface area contributed by atoms with Gasteiger partial charge < -0.3 is 10.1 Å². The third kappa shape index (κ3) is 4.58. The molecule has 2 rings (SSSR count). The maximum atomic E-state index is 12.3. The van der Waals surface area contributed by atoms with Crippen LogP contribution in [0.25, 0.3) is 0 Å². The zero-order valence-electron chi connectivity index (χ0n) is 13.0. The number of carbonyl (C=O) groups is 2. The highest BCUT2D eigenvalue weighted by atomic mass is 35.5. The molecule has 1 N–H and O–H groups in total. The molecule has 2 aromatic carbocycles. The van der Waals surface area contributed by atoms with Crippen LogP contribution in [0, 0.1) is 11.3 Å². The minimum absolute atomic E-state index is 0.284. The quantitative estimate of drug-likeness (QED) is 0.847. The Morgan fingerprint density at radius 3 is 2.33 bits per heavy atom. The van der Waals surface area contributed by atoms with Crippen LogP contribution in [0.2, 0.25) is 5.02 Å². The number of benzene rings is 2. The topological polar surface area (TPSA) is 79.2 Å². The molecular weight excluding hydrogens is 328 g/mol. The van der Waals surface area contributed by atoms with Gasteiger partial charge in [-0.25, -0.2) is 4.79 Å². The van der Waals surface area contributed by atoms with E-state index < -0.39 is 17.9 Å². The second-order valence-corrected chi connectivity index (χ2v) is 5.51. The Bertz CT molecular complexity index is 764. The molecule has 0 spiro atoms. The van der Waals surface area contributed by atoms with Crippen LogP contribution in [0.1, 0.15) is 21.5 Å². The number of methoxy groups -OCH3 is 1. The first kappa shape index (κ1) is 17.5. The summed E-state index contributed by atoms with van der Waals surface area (Å²) in [4.78, 5) is 24.2. The van der Waals surface area contributed by atoms with E-state index in [9.17, 15) is 9.59 Å². The lowest BCUT2D eigenvalue weighted by Gasteiger charge is -2.16. The van der Waals surface area contributed by atoms with E-state index in [1.54, 1.807) is 36.4 Å². The molecule has 1 atom stereocenters. The molecule has 0 aliphatic carbocycles. The van der Waals surface area contributed by atoms with Gasteiger partial charge in [-0.15, -0.1) is 0 Å². The zero-order valence-corrected chi connectivity index (χ0v) is 13.7. The first-order chi connectivity index (χ1) is 11.5. The Balaban J connectivity index is 2.12. The van der Waals surface area contributed by atoms with Crippen molar-refractivity contribution in [1.82, 2.24) is 5.32 Å². The van der Waals surface area contributed by atoms with Crippen molar-refractivity contribution in [1.29, 1.82) is 5.26 Å². The molecule has 1 amide bonds. The Morgan fingerprint density at radius 2 is 1.79 bits per heavy atom. The minimum atomic E-state index is -0.820. The van der Waals surface area contributed by atoms with Crippen molar-refractivity contribution in [3.8, 4) is 6.07 Å². The van der Waals surface area contributed by atoms with E-state index >= 15 is 0 Å². The number of esters is 1. The summed E-state index contributed by atoms with van der Waals surface area (Å²) in [5.41, 5.74) is 1.66. The highest BCUT2D eigenvalue weighted by Gasteiger charge is 2.22. The molecule has 2 aromatic rings. The van der Waals surface area contributed by atoms with E-state index in [1.165, 1.54) is 19.2 Å². The van der Waals surface area contributed by atoms with Crippen molar-refractivity contribution < 1.29 is 14.3 Å². The van der Waals surface area contributed by atoms with Crippen LogP contribution < -0.4 is 5.32 Å². The molecule has 5 nitrogen and oxygen atoms in total. The summed E-state index contributed by atoms with van der Waals surface area (Å²) in [6.45, 7) is 0. The Hall–Kier alpha value is -2.84. The standard InChI is InChI=1S/C18H15ClN2O3/c1-24-18(23)16(10-12-4-8-15(19)9-5-12)21-17(22)14-6-2-13(11-20)3-7-14/h2-9,16H,10H2,1H3,(H,21,22)/t16-/m0/s1. The third-order valence-corrected chi connectivity index (χ3v) is 3.67. The van der Waals surface area contributed by atoms with Crippen LogP contribution >= 0.6 is 11.6 Å². The summed E-state index contributed by atoms with van der Waals surface area (Å²) < 4.78 is 4.76. The molecule has 122 valence electrons. The molecule has 0 aliphatic heterocycles. The average Bonchev–Trinajstić information content (AvgIpc) is 2.62. The van der Waals surface area contributed by atoms with Crippen molar-refractivity contribution in [3.05, 3.63) is 70.2 Å². The fourth-order valence-corrected chi connectivity index (χ4v) is 2.26. The van der Waals surface area contributed by atoms with E-state index in [1.807, 2.05) is 6.07 Å². The molecule has 0 saturated carbocycles. The lowest BCUT2D eigenvalue weighted by atomic mass is 10.1. The summed E-state index contributed by atoms with van der Waals surface area (Å²) in [6, 6.07) is 14.3. The summed E-state index contributed by atoms with van der Waals surface area (Å²) >= 11 is 5.84. The predicted octanol–water partition coefficient (Wildman–Crippen LogP) is 2.73. The van der Waals surface area contributed by atoms with Gasteiger partial charge in [-0.05, 0) is 42.0 Å². The molecule has 0 heterocycles. The molecule has 0 aliphatic rings. The number of hydrogen-bond donors (Lipinski definition) is 1. The number of rotatable bonds is 5. The van der Waals surface area contributed by atoms with Gasteiger partial charge in [0.2, 0.25) is 0 Å². The van der Waals surface area contributed by atoms with E-state index in [0.717, 1.165) is 5.56 Å². The van der Waals surface area contributed by atoms with E-state index in [-0.39, 0.29) is 6.42 Å². The van der Waals surface area contributed by atoms with Crippen molar-refractivity contribution in [2.45, 2.75) is 12.5 Å². The lowest BCUT2D eigenvalue weighted by Crippen LogP contribution is -2.43. The van der Waals surface area contributed by atoms with Crippen molar-refractivity contribution in [2.75, 3.05) is 7.11 Å². The molecule has 0 radical (unpaired) electrons. The molecule has 0 saturated heterocycles. The van der Waals surface area contributed by atoms with Gasteiger partial charge in [0, 0.05) is 17.0 Å². The third-order valence-electron chi connectivity index (χ3n) is 3.42. The number of carbonyl (C=O) groups excluding carboxylic acids is 2. The summed E-state index contributed by atoms with van der Waals surface area (Å²) in [5, 5.41) is 12.0. The number of amides is 1. The lowest BCUT2D eigenvalue weighted by molar-refractivity contribution is -0.142. The fraction of sp³-hybridized carbons (Fsp3) is 0.167. The SMILES string of the molecule is COC(=O)[C@H](Cc1ccc(Cl)cc1)NC(=O)c1ccc(C#N)cc1. The van der Waals surface area contributed by atoms with Crippen LogP contribution in [-0.4, -0.2) is 25.0 Å². The largest absolute Gasteiger partial charge is 0.467 e. The smallest absolute Gasteiger partial charge is 0.328 e. The van der Waals surface area contributed by atoms with E-state index in [2.05, 4.69) is 5.32 Å². The number of nitriles is 1. The van der Waals surface area contributed by atoms with Crippen molar-refractivity contribution >= 4 is 23.5 Å². The number of hydrogen-bond acceptors (Lipinski definition) is 4. The van der Waals surface area contributed by atoms with Crippen LogP contribution in [0.4, 0.5) is 0 Å². The van der Waals surface area contributed by atoms with Crippen LogP contribution in [-0.2, 0) is 16.0 Å². The summed E-state index contributed by atoms with van der Waals surface area (Å²) in [6.07, 6.45) is 0.284. The number of halogens is 1. The van der Waals surface area contributed by atoms with Gasteiger partial charge in [0.15, 0.2) is 0 Å². The first-order valence-corrected chi connectivity index (χ1v) is 7.54. The van der Waals surface area contributed by atoms with Gasteiger partial charge >= 0.3 is 5.97 Å². The molecule has 0 aromatic heterocycles. The highest BCUT2D eigenvalue weighted by Crippen LogP contribution is 2.12. The van der Waals surface area contributed by atoms with Gasteiger partial charge in [-0.2, -0.15) is 5.26 Å². The monoisotopic (exact) mass is 342 g/mol. The minimum Gasteiger partial charge on any atom is -0.467 e. The Morgan fingerprint density at radius 1 is 1.17 bits per heavy atom. The van der Waals surface area contributed by atoms with Crippen molar-refractivity contribution in [3.63, 3.8) is 0 Å². The van der Waals surface area contributed by atoms with Gasteiger partial charge in [0.05, 0.1) is 18.7 Å². The number of nitrogens with one attached hydrogen (secondary N) is 1. The average molecular weight is 343 g/mol. The van der Waals surface area contributed by atoms with Gasteiger partial charge in [0.1, 0.15) is 6.04 Å². The molecule has 24 heavy (non-hydrogen) atoms. The molecule has 0 fully saturated rings. The zero-order chi connectivity index (χ0) is 17.5. The number of ether oxygens (including phenoxy) is 1. The van der Waals surface area contributed by atoms with E-state index in [0.29, 0.717) is 16.1 Å². The van der Waals surface area contributed by atoms with Crippen molar-refractivity contribution in [2.24, 2.45) is 0 Å². The maximum Gasteiger partial charge on any atom is 0.328 e. The molecule has 0 bridgehead atoms. The van der Waals surface area contributed by atoms with Crippen LogP contribution in [0.3, 0.4) is 0 Å². The van der Waals surface area contributed by atoms with Crippen LogP contribution in [0.5, 0.6) is 0 Å². The van der Waals surface area contributed by atoms with Crippen LogP contribution in [0.15, 0.2) is 48.5 Å². The fourth-order valence-electron chi connectivity index (χ4n) is 2.13. The second-order valence-electron chi connectivity index (χ2n) is 5.07.